The third kappa shape index (κ3) is 3.61. The summed E-state index contributed by atoms with van der Waals surface area (Å²) in [4.78, 5) is 26.5. The van der Waals surface area contributed by atoms with Gasteiger partial charge in [-0.15, -0.1) is 0 Å². The number of benzene rings is 2. The maximum Gasteiger partial charge on any atom is 0.234 e. The highest BCUT2D eigenvalue weighted by Crippen LogP contribution is 2.35. The summed E-state index contributed by atoms with van der Waals surface area (Å²) in [5.74, 6) is 0.420. The summed E-state index contributed by atoms with van der Waals surface area (Å²) in [5, 5.41) is 0.627. The number of methoxy groups -OCH3 is 2. The molecule has 0 aromatic heterocycles. The fraction of sp³-hybridized carbons (Fsp3) is 0.263. The van der Waals surface area contributed by atoms with Crippen molar-refractivity contribution in [3.8, 4) is 11.5 Å². The van der Waals surface area contributed by atoms with Crippen LogP contribution in [0.25, 0.3) is 0 Å². The maximum absolute atomic E-state index is 12.7. The monoisotopic (exact) mass is 359 g/mol. The molecule has 130 valence electrons. The van der Waals surface area contributed by atoms with E-state index in [0.717, 1.165) is 5.56 Å². The first kappa shape index (κ1) is 17.3. The number of carbonyl (C=O) groups is 2. The molecule has 0 atom stereocenters. The van der Waals surface area contributed by atoms with Crippen LogP contribution in [0.2, 0.25) is 5.02 Å². The summed E-state index contributed by atoms with van der Waals surface area (Å²) in [5.41, 5.74) is 1.40. The highest BCUT2D eigenvalue weighted by molar-refractivity contribution is 6.30. The lowest BCUT2D eigenvalue weighted by molar-refractivity contribution is -0.129. The van der Waals surface area contributed by atoms with Gasteiger partial charge < -0.3 is 9.47 Å². The molecular weight excluding hydrogens is 342 g/mol. The summed E-state index contributed by atoms with van der Waals surface area (Å²) in [6, 6.07) is 12.3. The summed E-state index contributed by atoms with van der Waals surface area (Å²) in [6.45, 7) is 0. The molecule has 3 rings (SSSR count). The van der Waals surface area contributed by atoms with Crippen LogP contribution in [0, 0.1) is 0 Å². The predicted octanol–water partition coefficient (Wildman–Crippen LogP) is 3.79. The Kier molecular flexibility index (Phi) is 4.95. The van der Waals surface area contributed by atoms with Gasteiger partial charge in [-0.1, -0.05) is 23.7 Å². The van der Waals surface area contributed by atoms with E-state index < -0.39 is 0 Å². The second kappa shape index (κ2) is 7.15. The molecule has 6 heteroatoms. The van der Waals surface area contributed by atoms with Gasteiger partial charge in [-0.2, -0.15) is 0 Å². The summed E-state index contributed by atoms with van der Waals surface area (Å²) >= 11 is 5.90. The lowest BCUT2D eigenvalue weighted by Gasteiger charge is -2.30. The third-order valence-corrected chi connectivity index (χ3v) is 4.53. The molecule has 1 aliphatic heterocycles. The van der Waals surface area contributed by atoms with Crippen LogP contribution in [0.1, 0.15) is 24.3 Å². The summed E-state index contributed by atoms with van der Waals surface area (Å²) in [7, 11) is 3.05. The standard InChI is InChI=1S/C19H18ClNO4/c1-24-16-9-15(10-17(11-16)25-2)21-18(22)7-13(8-19(21)23)12-3-5-14(20)6-4-12/h3-6,9-11,13H,7-8H2,1-2H3. The number of imide groups is 1. The summed E-state index contributed by atoms with van der Waals surface area (Å²) < 4.78 is 10.4. The fourth-order valence-corrected chi connectivity index (χ4v) is 3.12. The Bertz CT molecular complexity index is 763. The zero-order valence-corrected chi connectivity index (χ0v) is 14.7. The number of carbonyl (C=O) groups excluding carboxylic acids is 2. The van der Waals surface area contributed by atoms with Gasteiger partial charge >= 0.3 is 0 Å². The summed E-state index contributed by atoms with van der Waals surface area (Å²) in [6.07, 6.45) is 0.514. The molecule has 1 saturated heterocycles. The van der Waals surface area contributed by atoms with Gasteiger partial charge in [0.15, 0.2) is 0 Å². The van der Waals surface area contributed by atoms with Crippen LogP contribution >= 0.6 is 11.6 Å². The average Bonchev–Trinajstić information content (AvgIpc) is 2.61. The molecule has 0 aliphatic carbocycles. The van der Waals surface area contributed by atoms with Crippen molar-refractivity contribution in [1.29, 1.82) is 0 Å². The number of amides is 2. The van der Waals surface area contributed by atoms with E-state index in [1.165, 1.54) is 19.1 Å². The van der Waals surface area contributed by atoms with Crippen molar-refractivity contribution in [3.05, 3.63) is 53.1 Å². The lowest BCUT2D eigenvalue weighted by atomic mass is 9.88. The number of ether oxygens (including phenoxy) is 2. The molecule has 5 nitrogen and oxygen atoms in total. The van der Waals surface area contributed by atoms with Crippen LogP contribution in [-0.4, -0.2) is 26.0 Å². The number of halogens is 1. The van der Waals surface area contributed by atoms with Gasteiger partial charge in [0.05, 0.1) is 19.9 Å². The van der Waals surface area contributed by atoms with Gasteiger partial charge in [0.2, 0.25) is 11.8 Å². The van der Waals surface area contributed by atoms with Crippen molar-refractivity contribution in [3.63, 3.8) is 0 Å². The Hall–Kier alpha value is -2.53. The molecule has 0 radical (unpaired) electrons. The zero-order valence-electron chi connectivity index (χ0n) is 14.0. The van der Waals surface area contributed by atoms with Crippen molar-refractivity contribution in [2.45, 2.75) is 18.8 Å². The number of piperidine rings is 1. The van der Waals surface area contributed by atoms with Crippen LogP contribution < -0.4 is 14.4 Å². The quantitative estimate of drug-likeness (QED) is 0.779. The molecule has 2 aromatic carbocycles. The predicted molar refractivity (Wildman–Crippen MR) is 95.5 cm³/mol. The lowest BCUT2D eigenvalue weighted by Crippen LogP contribution is -2.42. The Morgan fingerprint density at radius 2 is 1.44 bits per heavy atom. The van der Waals surface area contributed by atoms with Gasteiger partial charge in [-0.05, 0) is 17.7 Å². The van der Waals surface area contributed by atoms with Crippen LogP contribution in [0.15, 0.2) is 42.5 Å². The van der Waals surface area contributed by atoms with E-state index >= 15 is 0 Å². The molecule has 1 aliphatic rings. The number of rotatable bonds is 4. The Morgan fingerprint density at radius 1 is 0.920 bits per heavy atom. The van der Waals surface area contributed by atoms with Crippen molar-refractivity contribution >= 4 is 29.1 Å². The van der Waals surface area contributed by atoms with Crippen LogP contribution in [-0.2, 0) is 9.59 Å². The van der Waals surface area contributed by atoms with Crippen LogP contribution in [0.5, 0.6) is 11.5 Å². The highest BCUT2D eigenvalue weighted by Gasteiger charge is 2.34. The van der Waals surface area contributed by atoms with Crippen molar-refractivity contribution in [2.75, 3.05) is 19.1 Å². The van der Waals surface area contributed by atoms with E-state index in [9.17, 15) is 9.59 Å². The van der Waals surface area contributed by atoms with Crippen molar-refractivity contribution in [2.24, 2.45) is 0 Å². The van der Waals surface area contributed by atoms with E-state index in [2.05, 4.69) is 0 Å². The van der Waals surface area contributed by atoms with Gasteiger partial charge in [-0.25, -0.2) is 0 Å². The molecule has 2 amide bonds. The first-order chi connectivity index (χ1) is 12.0. The van der Waals surface area contributed by atoms with Gasteiger partial charge in [-0.3, -0.25) is 14.5 Å². The topological polar surface area (TPSA) is 55.8 Å². The largest absolute Gasteiger partial charge is 0.497 e. The number of nitrogens with zero attached hydrogens (tertiary/aromatic N) is 1. The second-order valence-electron chi connectivity index (χ2n) is 5.85. The zero-order chi connectivity index (χ0) is 18.0. The molecule has 2 aromatic rings. The molecule has 1 fully saturated rings. The van der Waals surface area contributed by atoms with Gasteiger partial charge in [0.1, 0.15) is 11.5 Å². The minimum atomic E-state index is -0.244. The molecular formula is C19H18ClNO4. The minimum absolute atomic E-state index is 0.138. The molecule has 0 unspecified atom stereocenters. The van der Waals surface area contributed by atoms with Crippen LogP contribution in [0.4, 0.5) is 5.69 Å². The SMILES string of the molecule is COc1cc(OC)cc(N2C(=O)CC(c3ccc(Cl)cc3)CC2=O)c1. The normalized spacial score (nSPS) is 15.4. The van der Waals surface area contributed by atoms with E-state index in [0.29, 0.717) is 22.2 Å². The molecule has 0 saturated carbocycles. The van der Waals surface area contributed by atoms with Gasteiger partial charge in [0, 0.05) is 42.0 Å². The highest BCUT2D eigenvalue weighted by atomic mass is 35.5. The Labute approximate surface area is 151 Å². The minimum Gasteiger partial charge on any atom is -0.497 e. The van der Waals surface area contributed by atoms with E-state index in [-0.39, 0.29) is 30.6 Å². The van der Waals surface area contributed by atoms with E-state index in [1.807, 2.05) is 12.1 Å². The molecule has 25 heavy (non-hydrogen) atoms. The first-order valence-electron chi connectivity index (χ1n) is 7.86. The van der Waals surface area contributed by atoms with Crippen LogP contribution in [0.3, 0.4) is 0 Å². The van der Waals surface area contributed by atoms with Gasteiger partial charge in [0.25, 0.3) is 0 Å². The smallest absolute Gasteiger partial charge is 0.234 e. The Balaban J connectivity index is 1.87. The number of anilines is 1. The number of hydrogen-bond acceptors (Lipinski definition) is 4. The fourth-order valence-electron chi connectivity index (χ4n) is 3.00. The molecule has 0 N–H and O–H groups in total. The van der Waals surface area contributed by atoms with E-state index in [4.69, 9.17) is 21.1 Å². The van der Waals surface area contributed by atoms with Crippen molar-refractivity contribution < 1.29 is 19.1 Å². The van der Waals surface area contributed by atoms with Crippen molar-refractivity contribution in [1.82, 2.24) is 0 Å². The Morgan fingerprint density at radius 3 is 1.92 bits per heavy atom. The molecule has 0 spiro atoms. The average molecular weight is 360 g/mol. The molecule has 0 bridgehead atoms. The third-order valence-electron chi connectivity index (χ3n) is 4.28. The molecule has 1 heterocycles. The maximum atomic E-state index is 12.7. The first-order valence-corrected chi connectivity index (χ1v) is 8.24. The second-order valence-corrected chi connectivity index (χ2v) is 6.29. The van der Waals surface area contributed by atoms with E-state index in [1.54, 1.807) is 30.3 Å². The number of hydrogen-bond donors (Lipinski definition) is 0.